The lowest BCUT2D eigenvalue weighted by Gasteiger charge is -2.28. The van der Waals surface area contributed by atoms with Gasteiger partial charge < -0.3 is 11.1 Å². The zero-order chi connectivity index (χ0) is 11.9. The van der Waals surface area contributed by atoms with E-state index in [2.05, 4.69) is 33.0 Å². The molecule has 1 unspecified atom stereocenters. The van der Waals surface area contributed by atoms with Crippen molar-refractivity contribution in [3.05, 3.63) is 0 Å². The Bertz CT molecular complexity index is 188. The largest absolute Gasteiger partial charge is 0.351 e. The van der Waals surface area contributed by atoms with Gasteiger partial charge in [-0.2, -0.15) is 0 Å². The molecule has 1 atom stereocenters. The summed E-state index contributed by atoms with van der Waals surface area (Å²) in [5.41, 5.74) is 5.47. The summed E-state index contributed by atoms with van der Waals surface area (Å²) in [6, 6.07) is 0. The van der Waals surface area contributed by atoms with E-state index in [1.54, 1.807) is 0 Å². The standard InChI is InChI=1S/C12H26N2O/c1-5-12(4,6-2)14-11(15)8-7-10(3)9-13/h10H,5-9,13H2,1-4H3,(H,14,15). The first-order chi connectivity index (χ1) is 6.97. The third-order valence-corrected chi connectivity index (χ3v) is 3.27. The van der Waals surface area contributed by atoms with E-state index in [1.807, 2.05) is 0 Å². The molecule has 0 aliphatic carbocycles. The molecule has 0 aromatic rings. The fourth-order valence-electron chi connectivity index (χ4n) is 1.32. The van der Waals surface area contributed by atoms with Crippen LogP contribution in [0, 0.1) is 5.92 Å². The van der Waals surface area contributed by atoms with Crippen molar-refractivity contribution in [2.45, 2.75) is 58.9 Å². The van der Waals surface area contributed by atoms with Gasteiger partial charge in [-0.15, -0.1) is 0 Å². The monoisotopic (exact) mass is 214 g/mol. The Kier molecular flexibility index (Phi) is 6.57. The average molecular weight is 214 g/mol. The minimum atomic E-state index is -0.0387. The minimum absolute atomic E-state index is 0.0387. The molecular weight excluding hydrogens is 188 g/mol. The summed E-state index contributed by atoms with van der Waals surface area (Å²) >= 11 is 0. The molecule has 0 aliphatic heterocycles. The molecule has 3 heteroatoms. The Balaban J connectivity index is 3.92. The van der Waals surface area contributed by atoms with Gasteiger partial charge in [0.05, 0.1) is 0 Å². The highest BCUT2D eigenvalue weighted by Gasteiger charge is 2.21. The molecule has 0 saturated heterocycles. The Morgan fingerprint density at radius 1 is 1.40 bits per heavy atom. The van der Waals surface area contributed by atoms with Gasteiger partial charge in [0, 0.05) is 12.0 Å². The van der Waals surface area contributed by atoms with E-state index in [0.717, 1.165) is 19.3 Å². The van der Waals surface area contributed by atoms with Crippen molar-refractivity contribution in [3.8, 4) is 0 Å². The van der Waals surface area contributed by atoms with Crippen molar-refractivity contribution in [2.24, 2.45) is 11.7 Å². The molecule has 0 bridgehead atoms. The summed E-state index contributed by atoms with van der Waals surface area (Å²) in [6.07, 6.45) is 3.42. The van der Waals surface area contributed by atoms with Crippen LogP contribution < -0.4 is 11.1 Å². The summed E-state index contributed by atoms with van der Waals surface area (Å²) in [4.78, 5) is 11.6. The number of nitrogens with two attached hydrogens (primary N) is 1. The van der Waals surface area contributed by atoms with Crippen LogP contribution in [0.15, 0.2) is 0 Å². The number of hydrogen-bond acceptors (Lipinski definition) is 2. The van der Waals surface area contributed by atoms with Crippen molar-refractivity contribution in [1.29, 1.82) is 0 Å². The van der Waals surface area contributed by atoms with E-state index >= 15 is 0 Å². The number of amides is 1. The van der Waals surface area contributed by atoms with Crippen LogP contribution in [0.3, 0.4) is 0 Å². The Labute approximate surface area is 93.8 Å². The molecule has 0 heterocycles. The normalized spacial score (nSPS) is 13.7. The Morgan fingerprint density at radius 2 is 1.93 bits per heavy atom. The van der Waals surface area contributed by atoms with Gasteiger partial charge in [-0.1, -0.05) is 20.8 Å². The molecular formula is C12H26N2O. The number of rotatable bonds is 7. The van der Waals surface area contributed by atoms with Crippen LogP contribution in [0.4, 0.5) is 0 Å². The molecule has 0 fully saturated rings. The molecule has 0 aliphatic rings. The first-order valence-corrected chi connectivity index (χ1v) is 5.98. The summed E-state index contributed by atoms with van der Waals surface area (Å²) in [5.74, 6) is 0.590. The number of hydrogen-bond donors (Lipinski definition) is 2. The van der Waals surface area contributed by atoms with Crippen molar-refractivity contribution in [3.63, 3.8) is 0 Å². The molecule has 3 N–H and O–H groups in total. The van der Waals surface area contributed by atoms with E-state index in [4.69, 9.17) is 5.73 Å². The van der Waals surface area contributed by atoms with Gasteiger partial charge in [0.15, 0.2) is 0 Å². The molecule has 1 amide bonds. The number of carbonyl (C=O) groups excluding carboxylic acids is 1. The SMILES string of the molecule is CCC(C)(CC)NC(=O)CCC(C)CN. The Hall–Kier alpha value is -0.570. The third kappa shape index (κ3) is 5.78. The zero-order valence-electron chi connectivity index (χ0n) is 10.6. The van der Waals surface area contributed by atoms with Crippen LogP contribution in [0.25, 0.3) is 0 Å². The number of nitrogens with one attached hydrogen (secondary N) is 1. The van der Waals surface area contributed by atoms with Crippen molar-refractivity contribution in [2.75, 3.05) is 6.54 Å². The maximum atomic E-state index is 11.6. The summed E-state index contributed by atoms with van der Waals surface area (Å²) in [6.45, 7) is 9.04. The van der Waals surface area contributed by atoms with E-state index < -0.39 is 0 Å². The van der Waals surface area contributed by atoms with E-state index in [0.29, 0.717) is 18.9 Å². The predicted octanol–water partition coefficient (Wildman–Crippen LogP) is 2.06. The lowest BCUT2D eigenvalue weighted by Crippen LogP contribution is -2.45. The minimum Gasteiger partial charge on any atom is -0.351 e. The quantitative estimate of drug-likeness (QED) is 0.681. The fourth-order valence-corrected chi connectivity index (χ4v) is 1.32. The molecule has 15 heavy (non-hydrogen) atoms. The van der Waals surface area contributed by atoms with E-state index in [-0.39, 0.29) is 11.4 Å². The molecule has 0 saturated carbocycles. The smallest absolute Gasteiger partial charge is 0.220 e. The molecule has 3 nitrogen and oxygen atoms in total. The first-order valence-electron chi connectivity index (χ1n) is 5.98. The summed E-state index contributed by atoms with van der Waals surface area (Å²) in [7, 11) is 0. The van der Waals surface area contributed by atoms with Gasteiger partial charge in [-0.25, -0.2) is 0 Å². The Morgan fingerprint density at radius 3 is 2.33 bits per heavy atom. The maximum absolute atomic E-state index is 11.6. The van der Waals surface area contributed by atoms with Crippen LogP contribution in [-0.2, 0) is 4.79 Å². The van der Waals surface area contributed by atoms with Crippen molar-refractivity contribution in [1.82, 2.24) is 5.32 Å². The molecule has 0 spiro atoms. The molecule has 0 aromatic heterocycles. The second-order valence-corrected chi connectivity index (χ2v) is 4.70. The van der Waals surface area contributed by atoms with Crippen LogP contribution in [0.5, 0.6) is 0 Å². The van der Waals surface area contributed by atoms with Crippen LogP contribution >= 0.6 is 0 Å². The molecule has 0 aromatic carbocycles. The maximum Gasteiger partial charge on any atom is 0.220 e. The number of carbonyl (C=O) groups is 1. The third-order valence-electron chi connectivity index (χ3n) is 3.27. The molecule has 0 rings (SSSR count). The van der Waals surface area contributed by atoms with Crippen LogP contribution in [-0.4, -0.2) is 18.0 Å². The molecule has 0 radical (unpaired) electrons. The summed E-state index contributed by atoms with van der Waals surface area (Å²) in [5, 5.41) is 3.09. The highest BCUT2D eigenvalue weighted by atomic mass is 16.1. The van der Waals surface area contributed by atoms with Gasteiger partial charge in [0.1, 0.15) is 0 Å². The van der Waals surface area contributed by atoms with Gasteiger partial charge >= 0.3 is 0 Å². The van der Waals surface area contributed by atoms with E-state index in [9.17, 15) is 4.79 Å². The van der Waals surface area contributed by atoms with Crippen LogP contribution in [0.1, 0.15) is 53.4 Å². The summed E-state index contributed by atoms with van der Waals surface area (Å²) < 4.78 is 0. The second kappa shape index (κ2) is 6.83. The van der Waals surface area contributed by atoms with E-state index in [1.165, 1.54) is 0 Å². The highest BCUT2D eigenvalue weighted by Crippen LogP contribution is 2.14. The van der Waals surface area contributed by atoms with Gasteiger partial charge in [0.25, 0.3) is 0 Å². The fraction of sp³-hybridized carbons (Fsp3) is 0.917. The van der Waals surface area contributed by atoms with Crippen LogP contribution in [0.2, 0.25) is 0 Å². The average Bonchev–Trinajstić information content (AvgIpc) is 2.25. The van der Waals surface area contributed by atoms with Gasteiger partial charge in [-0.3, -0.25) is 4.79 Å². The molecule has 90 valence electrons. The second-order valence-electron chi connectivity index (χ2n) is 4.70. The highest BCUT2D eigenvalue weighted by molar-refractivity contribution is 5.76. The van der Waals surface area contributed by atoms with Gasteiger partial charge in [-0.05, 0) is 38.6 Å². The van der Waals surface area contributed by atoms with Crippen molar-refractivity contribution < 1.29 is 4.79 Å². The topological polar surface area (TPSA) is 55.1 Å². The predicted molar refractivity (Wildman–Crippen MR) is 64.6 cm³/mol. The lowest BCUT2D eigenvalue weighted by molar-refractivity contribution is -0.123. The van der Waals surface area contributed by atoms with Gasteiger partial charge in [0.2, 0.25) is 5.91 Å². The first kappa shape index (κ1) is 14.4. The zero-order valence-corrected chi connectivity index (χ0v) is 10.6. The lowest BCUT2D eigenvalue weighted by atomic mass is 9.95. The van der Waals surface area contributed by atoms with Crippen molar-refractivity contribution >= 4 is 5.91 Å².